The first-order valence-corrected chi connectivity index (χ1v) is 13.4. The Labute approximate surface area is 198 Å². The molecule has 3 aromatic rings. The maximum atomic E-state index is 12.3. The molecular weight excluding hydrogens is 458 g/mol. The highest BCUT2D eigenvalue weighted by Gasteiger charge is 2.17. The fourth-order valence-electron chi connectivity index (χ4n) is 3.72. The number of aromatic nitrogens is 1. The average Bonchev–Trinajstić information content (AvgIpc) is 3.20. The first kappa shape index (κ1) is 23.2. The number of carbonyl (C=O) groups is 1. The van der Waals surface area contributed by atoms with E-state index in [1.165, 1.54) is 5.56 Å². The predicted molar refractivity (Wildman–Crippen MR) is 133 cm³/mol. The van der Waals surface area contributed by atoms with Gasteiger partial charge in [0, 0.05) is 49.5 Å². The van der Waals surface area contributed by atoms with Gasteiger partial charge in [0.25, 0.3) is 0 Å². The van der Waals surface area contributed by atoms with Gasteiger partial charge in [-0.2, -0.15) is 0 Å². The molecule has 0 spiro atoms. The van der Waals surface area contributed by atoms with Crippen LogP contribution >= 0.6 is 11.3 Å². The van der Waals surface area contributed by atoms with E-state index in [1.807, 2.05) is 30.3 Å². The Morgan fingerprint density at radius 1 is 1.03 bits per heavy atom. The molecule has 8 nitrogen and oxygen atoms in total. The minimum Gasteiger partial charge on any atom is -0.369 e. The third-order valence-corrected chi connectivity index (χ3v) is 6.80. The lowest BCUT2D eigenvalue weighted by atomic mass is 10.2. The third-order valence-electron chi connectivity index (χ3n) is 5.30. The summed E-state index contributed by atoms with van der Waals surface area (Å²) in [6.07, 6.45) is 1.14. The van der Waals surface area contributed by atoms with Gasteiger partial charge in [-0.05, 0) is 29.8 Å². The number of amides is 1. The Morgan fingerprint density at radius 2 is 1.73 bits per heavy atom. The molecule has 1 saturated heterocycles. The van der Waals surface area contributed by atoms with Gasteiger partial charge in [-0.3, -0.25) is 14.4 Å². The molecule has 1 fully saturated rings. The van der Waals surface area contributed by atoms with Crippen molar-refractivity contribution in [2.45, 2.75) is 13.0 Å². The van der Waals surface area contributed by atoms with Crippen molar-refractivity contribution in [1.29, 1.82) is 0 Å². The van der Waals surface area contributed by atoms with Gasteiger partial charge in [0.2, 0.25) is 15.9 Å². The Hall–Kier alpha value is -2.95. The SMILES string of the molecule is CS(=O)(=O)Nc1nc(CC(=O)Nc2ccc(N3CCN(Cc4ccccc4)CC3)cc2)cs1. The van der Waals surface area contributed by atoms with Crippen LogP contribution in [0.4, 0.5) is 16.5 Å². The van der Waals surface area contributed by atoms with Crippen LogP contribution in [0.15, 0.2) is 60.0 Å². The molecule has 2 heterocycles. The van der Waals surface area contributed by atoms with Crippen LogP contribution in [-0.2, 0) is 27.8 Å². The van der Waals surface area contributed by atoms with E-state index in [2.05, 4.69) is 49.1 Å². The lowest BCUT2D eigenvalue weighted by Crippen LogP contribution is -2.45. The van der Waals surface area contributed by atoms with Crippen molar-refractivity contribution in [3.05, 3.63) is 71.2 Å². The second kappa shape index (κ2) is 10.3. The Morgan fingerprint density at radius 3 is 2.39 bits per heavy atom. The molecule has 174 valence electrons. The Bertz CT molecular complexity index is 1170. The van der Waals surface area contributed by atoms with Gasteiger partial charge in [-0.15, -0.1) is 11.3 Å². The fourth-order valence-corrected chi connectivity index (χ4v) is 5.29. The van der Waals surface area contributed by atoms with Crippen LogP contribution in [-0.4, -0.2) is 56.6 Å². The molecule has 0 unspecified atom stereocenters. The van der Waals surface area contributed by atoms with Crippen LogP contribution in [0.25, 0.3) is 0 Å². The van der Waals surface area contributed by atoms with Crippen molar-refractivity contribution in [3.8, 4) is 0 Å². The minimum atomic E-state index is -3.38. The van der Waals surface area contributed by atoms with Crippen molar-refractivity contribution in [1.82, 2.24) is 9.88 Å². The van der Waals surface area contributed by atoms with Crippen LogP contribution in [0.5, 0.6) is 0 Å². The number of rotatable bonds is 8. The first-order valence-electron chi connectivity index (χ1n) is 10.7. The highest BCUT2D eigenvalue weighted by molar-refractivity contribution is 7.92. The van der Waals surface area contributed by atoms with Crippen LogP contribution < -0.4 is 14.9 Å². The topological polar surface area (TPSA) is 94.6 Å². The largest absolute Gasteiger partial charge is 0.369 e. The maximum Gasteiger partial charge on any atom is 0.231 e. The summed E-state index contributed by atoms with van der Waals surface area (Å²) >= 11 is 1.15. The third kappa shape index (κ3) is 7.01. The lowest BCUT2D eigenvalue weighted by molar-refractivity contribution is -0.115. The van der Waals surface area contributed by atoms with Gasteiger partial charge in [0.15, 0.2) is 5.13 Å². The zero-order valence-electron chi connectivity index (χ0n) is 18.4. The van der Waals surface area contributed by atoms with Crippen LogP contribution in [0, 0.1) is 0 Å². The fraction of sp³-hybridized carbons (Fsp3) is 0.304. The summed E-state index contributed by atoms with van der Waals surface area (Å²) in [5, 5.41) is 4.80. The number of sulfonamides is 1. The Kier molecular flexibility index (Phi) is 7.26. The molecule has 1 aliphatic heterocycles. The molecule has 2 N–H and O–H groups in total. The minimum absolute atomic E-state index is 0.0765. The van der Waals surface area contributed by atoms with Gasteiger partial charge < -0.3 is 10.2 Å². The molecule has 4 rings (SSSR count). The van der Waals surface area contributed by atoms with E-state index in [-0.39, 0.29) is 17.5 Å². The number of carbonyl (C=O) groups excluding carboxylic acids is 1. The highest BCUT2D eigenvalue weighted by Crippen LogP contribution is 2.21. The molecule has 0 atom stereocenters. The molecule has 10 heteroatoms. The number of anilines is 3. The quantitative estimate of drug-likeness (QED) is 0.509. The van der Waals surface area contributed by atoms with Crippen molar-refractivity contribution < 1.29 is 13.2 Å². The standard InChI is InChI=1S/C23H27N5O3S2/c1-33(30,31)26-23-25-20(17-32-23)15-22(29)24-19-7-9-21(10-8-19)28-13-11-27(12-14-28)16-18-5-3-2-4-6-18/h2-10,17H,11-16H2,1H3,(H,24,29)(H,25,26). The van der Waals surface area contributed by atoms with Gasteiger partial charge in [0.1, 0.15) is 0 Å². The molecule has 0 radical (unpaired) electrons. The summed E-state index contributed by atoms with van der Waals surface area (Å²) in [4.78, 5) is 21.3. The van der Waals surface area contributed by atoms with Gasteiger partial charge in [-0.1, -0.05) is 30.3 Å². The summed E-state index contributed by atoms with van der Waals surface area (Å²) in [5.41, 5.74) is 3.72. The van der Waals surface area contributed by atoms with E-state index < -0.39 is 10.0 Å². The average molecular weight is 486 g/mol. The number of thiazole rings is 1. The number of hydrogen-bond acceptors (Lipinski definition) is 7. The molecule has 0 saturated carbocycles. The number of hydrogen-bond donors (Lipinski definition) is 2. The first-order chi connectivity index (χ1) is 15.8. The van der Waals surface area contributed by atoms with Crippen LogP contribution in [0.3, 0.4) is 0 Å². The zero-order chi connectivity index (χ0) is 23.3. The number of nitrogens with one attached hydrogen (secondary N) is 2. The van der Waals surface area contributed by atoms with Gasteiger partial charge in [0.05, 0.1) is 18.4 Å². The summed E-state index contributed by atoms with van der Waals surface area (Å²) in [7, 11) is -3.38. The number of nitrogens with zero attached hydrogens (tertiary/aromatic N) is 3. The molecule has 0 bridgehead atoms. The predicted octanol–water partition coefficient (Wildman–Crippen LogP) is 3.02. The number of benzene rings is 2. The normalized spacial score (nSPS) is 14.8. The van der Waals surface area contributed by atoms with E-state index in [4.69, 9.17) is 0 Å². The van der Waals surface area contributed by atoms with E-state index in [1.54, 1.807) is 5.38 Å². The van der Waals surface area contributed by atoms with Gasteiger partial charge in [-0.25, -0.2) is 13.4 Å². The molecule has 1 aliphatic rings. The van der Waals surface area contributed by atoms with E-state index in [9.17, 15) is 13.2 Å². The van der Waals surface area contributed by atoms with E-state index >= 15 is 0 Å². The summed E-state index contributed by atoms with van der Waals surface area (Å²) in [6, 6.07) is 18.4. The molecule has 33 heavy (non-hydrogen) atoms. The van der Waals surface area contributed by atoms with Crippen molar-refractivity contribution >= 4 is 43.8 Å². The monoisotopic (exact) mass is 485 g/mol. The molecular formula is C23H27N5O3S2. The Balaban J connectivity index is 1.25. The molecule has 1 amide bonds. The van der Waals surface area contributed by atoms with Crippen LogP contribution in [0.2, 0.25) is 0 Å². The highest BCUT2D eigenvalue weighted by atomic mass is 32.2. The smallest absolute Gasteiger partial charge is 0.231 e. The van der Waals surface area contributed by atoms with Gasteiger partial charge >= 0.3 is 0 Å². The van der Waals surface area contributed by atoms with Crippen molar-refractivity contribution in [2.75, 3.05) is 47.4 Å². The van der Waals surface area contributed by atoms with Crippen molar-refractivity contribution in [3.63, 3.8) is 0 Å². The van der Waals surface area contributed by atoms with Crippen molar-refractivity contribution in [2.24, 2.45) is 0 Å². The second-order valence-corrected chi connectivity index (χ2v) is 10.6. The zero-order valence-corrected chi connectivity index (χ0v) is 20.0. The van der Waals surface area contributed by atoms with E-state index in [0.717, 1.165) is 61.7 Å². The summed E-state index contributed by atoms with van der Waals surface area (Å²) in [5.74, 6) is -0.200. The summed E-state index contributed by atoms with van der Waals surface area (Å²) in [6.45, 7) is 4.93. The summed E-state index contributed by atoms with van der Waals surface area (Å²) < 4.78 is 24.9. The molecule has 2 aromatic carbocycles. The van der Waals surface area contributed by atoms with E-state index in [0.29, 0.717) is 5.69 Å². The molecule has 0 aliphatic carbocycles. The maximum absolute atomic E-state index is 12.3. The molecule has 1 aromatic heterocycles. The number of piperazine rings is 1. The lowest BCUT2D eigenvalue weighted by Gasteiger charge is -2.36. The van der Waals surface area contributed by atoms with Crippen LogP contribution in [0.1, 0.15) is 11.3 Å². The second-order valence-electron chi connectivity index (χ2n) is 8.04.